The average Bonchev–Trinajstić information content (AvgIpc) is 2.46. The molecule has 0 saturated heterocycles. The van der Waals surface area contributed by atoms with Crippen LogP contribution in [0.25, 0.3) is 0 Å². The summed E-state index contributed by atoms with van der Waals surface area (Å²) in [7, 11) is 3.58. The van der Waals surface area contributed by atoms with Crippen molar-refractivity contribution in [1.29, 1.82) is 0 Å². The lowest BCUT2D eigenvalue weighted by atomic mass is 9.91. The van der Waals surface area contributed by atoms with Gasteiger partial charge in [0.2, 0.25) is 0 Å². The molecule has 4 heteroatoms. The molecular weight excluding hydrogens is 263 g/mol. The van der Waals surface area contributed by atoms with Gasteiger partial charge >= 0.3 is 0 Å². The molecule has 2 rings (SSSR count). The maximum absolute atomic E-state index is 12.6. The van der Waals surface area contributed by atoms with E-state index in [0.29, 0.717) is 17.7 Å². The van der Waals surface area contributed by atoms with Gasteiger partial charge in [0, 0.05) is 11.1 Å². The first kappa shape index (κ1) is 15.2. The fourth-order valence-electron chi connectivity index (χ4n) is 2.32. The van der Waals surface area contributed by atoms with Gasteiger partial charge in [0.15, 0.2) is 5.78 Å². The van der Waals surface area contributed by atoms with Gasteiger partial charge in [-0.3, -0.25) is 4.79 Å². The average molecular weight is 282 g/mol. The molecule has 0 N–H and O–H groups in total. The van der Waals surface area contributed by atoms with Crippen LogP contribution < -0.4 is 14.9 Å². The van der Waals surface area contributed by atoms with E-state index in [9.17, 15) is 4.79 Å². The van der Waals surface area contributed by atoms with Crippen LogP contribution in [0.2, 0.25) is 0 Å². The fourth-order valence-corrected chi connectivity index (χ4v) is 2.32. The second-order valence-corrected chi connectivity index (χ2v) is 4.98. The number of carbonyl (C=O) groups is 1. The molecular formula is C17H19BO3. The molecule has 0 aliphatic rings. The van der Waals surface area contributed by atoms with E-state index in [4.69, 9.17) is 9.47 Å². The van der Waals surface area contributed by atoms with Crippen molar-refractivity contribution in [3.63, 3.8) is 0 Å². The highest BCUT2D eigenvalue weighted by molar-refractivity contribution is 6.33. The van der Waals surface area contributed by atoms with Crippen molar-refractivity contribution in [3.05, 3.63) is 53.1 Å². The summed E-state index contributed by atoms with van der Waals surface area (Å²) >= 11 is 0. The van der Waals surface area contributed by atoms with Gasteiger partial charge in [0.1, 0.15) is 19.3 Å². The number of hydrogen-bond acceptors (Lipinski definition) is 3. The maximum atomic E-state index is 12.6. The molecule has 0 bridgehead atoms. The maximum Gasteiger partial charge on any atom is 0.193 e. The Morgan fingerprint density at radius 3 is 2.52 bits per heavy atom. The fraction of sp³-hybridized carbons (Fsp3) is 0.235. The van der Waals surface area contributed by atoms with E-state index >= 15 is 0 Å². The third kappa shape index (κ3) is 3.46. The first-order chi connectivity index (χ1) is 10.0. The molecule has 0 fully saturated rings. The van der Waals surface area contributed by atoms with Crippen LogP contribution in [0.15, 0.2) is 36.4 Å². The monoisotopic (exact) mass is 282 g/mol. The molecule has 108 valence electrons. The van der Waals surface area contributed by atoms with E-state index in [0.717, 1.165) is 22.5 Å². The Morgan fingerprint density at radius 2 is 1.90 bits per heavy atom. The molecule has 0 atom stereocenters. The molecule has 0 heterocycles. The zero-order valence-corrected chi connectivity index (χ0v) is 12.9. The van der Waals surface area contributed by atoms with Gasteiger partial charge in [0.05, 0.1) is 13.7 Å². The number of rotatable bonds is 5. The van der Waals surface area contributed by atoms with Gasteiger partial charge in [0.25, 0.3) is 0 Å². The Kier molecular flexibility index (Phi) is 4.68. The van der Waals surface area contributed by atoms with E-state index in [1.165, 1.54) is 0 Å². The standard InChI is InChI=1S/C17H19BO3/c1-4-21-15-9-13(8-14(18)10-15)17(19)12-5-6-16(20-3)11(2)7-12/h5-10H,4,18H2,1-3H3. The smallest absolute Gasteiger partial charge is 0.193 e. The van der Waals surface area contributed by atoms with E-state index in [1.807, 2.05) is 46.0 Å². The van der Waals surface area contributed by atoms with Crippen molar-refractivity contribution in [1.82, 2.24) is 0 Å². The van der Waals surface area contributed by atoms with Gasteiger partial charge in [-0.15, -0.1) is 0 Å². The van der Waals surface area contributed by atoms with E-state index in [-0.39, 0.29) is 5.78 Å². The lowest BCUT2D eigenvalue weighted by Gasteiger charge is -2.09. The molecule has 0 spiro atoms. The number of carbonyl (C=O) groups excluding carboxylic acids is 1. The topological polar surface area (TPSA) is 35.5 Å². The number of methoxy groups -OCH3 is 1. The molecule has 0 amide bonds. The lowest BCUT2D eigenvalue weighted by Crippen LogP contribution is -2.10. The Morgan fingerprint density at radius 1 is 1.14 bits per heavy atom. The van der Waals surface area contributed by atoms with Crippen molar-refractivity contribution in [2.24, 2.45) is 0 Å². The van der Waals surface area contributed by atoms with E-state index in [2.05, 4.69) is 0 Å². The van der Waals surface area contributed by atoms with Gasteiger partial charge in [-0.1, -0.05) is 11.5 Å². The minimum atomic E-state index is -0.00888. The second kappa shape index (κ2) is 6.48. The van der Waals surface area contributed by atoms with Crippen molar-refractivity contribution in [2.45, 2.75) is 13.8 Å². The summed E-state index contributed by atoms with van der Waals surface area (Å²) in [4.78, 5) is 12.6. The molecule has 0 aliphatic heterocycles. The third-order valence-electron chi connectivity index (χ3n) is 3.28. The molecule has 2 aromatic rings. The summed E-state index contributed by atoms with van der Waals surface area (Å²) in [5, 5.41) is 0. The quantitative estimate of drug-likeness (QED) is 0.620. The van der Waals surface area contributed by atoms with Gasteiger partial charge in [-0.25, -0.2) is 0 Å². The van der Waals surface area contributed by atoms with Crippen molar-refractivity contribution < 1.29 is 14.3 Å². The lowest BCUT2D eigenvalue weighted by molar-refractivity contribution is 0.103. The Balaban J connectivity index is 2.37. The third-order valence-corrected chi connectivity index (χ3v) is 3.28. The predicted molar refractivity (Wildman–Crippen MR) is 87.0 cm³/mol. The highest BCUT2D eigenvalue weighted by atomic mass is 16.5. The Bertz CT molecular complexity index is 665. The highest BCUT2D eigenvalue weighted by Gasteiger charge is 2.12. The molecule has 3 nitrogen and oxygen atoms in total. The second-order valence-electron chi connectivity index (χ2n) is 4.98. The Hall–Kier alpha value is -2.23. The largest absolute Gasteiger partial charge is 0.496 e. The molecule has 2 aromatic carbocycles. The van der Waals surface area contributed by atoms with Crippen LogP contribution in [-0.4, -0.2) is 27.3 Å². The van der Waals surface area contributed by atoms with Gasteiger partial charge in [-0.2, -0.15) is 0 Å². The zero-order valence-electron chi connectivity index (χ0n) is 12.9. The summed E-state index contributed by atoms with van der Waals surface area (Å²) in [5.41, 5.74) is 3.25. The number of ether oxygens (including phenoxy) is 2. The number of hydrogen-bond donors (Lipinski definition) is 0. The van der Waals surface area contributed by atoms with Gasteiger partial charge in [-0.05, 0) is 49.7 Å². The van der Waals surface area contributed by atoms with Crippen LogP contribution in [0.4, 0.5) is 0 Å². The first-order valence-corrected chi connectivity index (χ1v) is 6.99. The van der Waals surface area contributed by atoms with Crippen molar-refractivity contribution >= 4 is 19.1 Å². The van der Waals surface area contributed by atoms with E-state index in [1.54, 1.807) is 19.2 Å². The number of ketones is 1. The summed E-state index contributed by atoms with van der Waals surface area (Å²) in [6.07, 6.45) is 0. The van der Waals surface area contributed by atoms with Crippen LogP contribution in [-0.2, 0) is 0 Å². The SMILES string of the molecule is Bc1cc(OCC)cc(C(=O)c2ccc(OC)c(C)c2)c1. The first-order valence-electron chi connectivity index (χ1n) is 6.99. The minimum Gasteiger partial charge on any atom is -0.496 e. The molecule has 0 aromatic heterocycles. The van der Waals surface area contributed by atoms with Crippen LogP contribution >= 0.6 is 0 Å². The van der Waals surface area contributed by atoms with Crippen molar-refractivity contribution in [3.8, 4) is 11.5 Å². The van der Waals surface area contributed by atoms with Crippen LogP contribution in [0.3, 0.4) is 0 Å². The van der Waals surface area contributed by atoms with Crippen LogP contribution in [0.1, 0.15) is 28.4 Å². The Labute approximate surface area is 126 Å². The molecule has 0 aliphatic carbocycles. The summed E-state index contributed by atoms with van der Waals surface area (Å²) in [6, 6.07) is 11.1. The highest BCUT2D eigenvalue weighted by Crippen LogP contribution is 2.21. The minimum absolute atomic E-state index is 0.00888. The van der Waals surface area contributed by atoms with Gasteiger partial charge < -0.3 is 9.47 Å². The summed E-state index contributed by atoms with van der Waals surface area (Å²) < 4.78 is 10.7. The molecule has 0 unspecified atom stereocenters. The number of benzene rings is 2. The zero-order chi connectivity index (χ0) is 15.4. The summed E-state index contributed by atoms with van der Waals surface area (Å²) in [5.74, 6) is 1.50. The molecule has 0 radical (unpaired) electrons. The summed E-state index contributed by atoms with van der Waals surface area (Å²) in [6.45, 7) is 4.44. The van der Waals surface area contributed by atoms with Crippen LogP contribution in [0, 0.1) is 6.92 Å². The molecule has 0 saturated carbocycles. The van der Waals surface area contributed by atoms with E-state index < -0.39 is 0 Å². The number of aryl methyl sites for hydroxylation is 1. The predicted octanol–water partition coefficient (Wildman–Crippen LogP) is 1.89. The van der Waals surface area contributed by atoms with Crippen molar-refractivity contribution in [2.75, 3.05) is 13.7 Å². The van der Waals surface area contributed by atoms with Crippen LogP contribution in [0.5, 0.6) is 11.5 Å². The molecule has 21 heavy (non-hydrogen) atoms. The normalized spacial score (nSPS) is 10.2.